The van der Waals surface area contributed by atoms with Gasteiger partial charge in [0.1, 0.15) is 5.82 Å². The van der Waals surface area contributed by atoms with Gasteiger partial charge in [0.25, 0.3) is 0 Å². The third-order valence-electron chi connectivity index (χ3n) is 2.89. The number of rotatable bonds is 5. The third-order valence-corrected chi connectivity index (χ3v) is 3.24. The Kier molecular flexibility index (Phi) is 4.73. The summed E-state index contributed by atoms with van der Waals surface area (Å²) < 4.78 is 18.1. The van der Waals surface area contributed by atoms with Gasteiger partial charge in [-0.15, -0.1) is 0 Å². The molecular weight excluding hydrogens is 281 g/mol. The lowest BCUT2D eigenvalue weighted by atomic mass is 10.0. The van der Waals surface area contributed by atoms with Crippen molar-refractivity contribution in [3.63, 3.8) is 0 Å². The van der Waals surface area contributed by atoms with Crippen molar-refractivity contribution < 1.29 is 8.91 Å². The number of hydrogen-bond donors (Lipinski definition) is 1. The third kappa shape index (κ3) is 3.77. The summed E-state index contributed by atoms with van der Waals surface area (Å²) in [4.78, 5) is 4.27. The van der Waals surface area contributed by atoms with Crippen molar-refractivity contribution in [3.8, 4) is 0 Å². The quantitative estimate of drug-likeness (QED) is 0.917. The van der Waals surface area contributed by atoms with E-state index in [0.29, 0.717) is 29.1 Å². The molecule has 108 valence electrons. The minimum Gasteiger partial charge on any atom is -0.338 e. The van der Waals surface area contributed by atoms with E-state index in [-0.39, 0.29) is 11.9 Å². The highest BCUT2D eigenvalue weighted by Crippen LogP contribution is 2.21. The molecule has 0 radical (unpaired) electrons. The molecule has 6 heteroatoms. The van der Waals surface area contributed by atoms with E-state index in [1.165, 1.54) is 12.1 Å². The zero-order chi connectivity index (χ0) is 14.7. The minimum absolute atomic E-state index is 0.264. The highest BCUT2D eigenvalue weighted by Gasteiger charge is 2.16. The summed E-state index contributed by atoms with van der Waals surface area (Å²) in [6.07, 6.45) is 1.16. The van der Waals surface area contributed by atoms with Gasteiger partial charge in [-0.25, -0.2) is 4.39 Å². The van der Waals surface area contributed by atoms with Crippen molar-refractivity contribution in [2.45, 2.75) is 32.7 Å². The van der Waals surface area contributed by atoms with Gasteiger partial charge in [0, 0.05) is 11.4 Å². The van der Waals surface area contributed by atoms with Gasteiger partial charge in [-0.05, 0) is 30.0 Å². The van der Waals surface area contributed by atoms with Crippen LogP contribution >= 0.6 is 11.6 Å². The average Bonchev–Trinajstić information content (AvgIpc) is 2.80. The van der Waals surface area contributed by atoms with Crippen molar-refractivity contribution >= 4 is 11.6 Å². The minimum atomic E-state index is -0.369. The summed E-state index contributed by atoms with van der Waals surface area (Å²) in [5, 5.41) is 4.23. The summed E-state index contributed by atoms with van der Waals surface area (Å²) in [5.41, 5.74) is 6.73. The molecule has 2 aromatic rings. The molecule has 0 aliphatic rings. The summed E-state index contributed by atoms with van der Waals surface area (Å²) >= 11 is 5.97. The number of benzene rings is 1. The van der Waals surface area contributed by atoms with Crippen molar-refractivity contribution in [1.29, 1.82) is 0 Å². The van der Waals surface area contributed by atoms with Crippen LogP contribution < -0.4 is 5.73 Å². The summed E-state index contributed by atoms with van der Waals surface area (Å²) in [6.45, 7) is 4.16. The Morgan fingerprint density at radius 2 is 2.15 bits per heavy atom. The van der Waals surface area contributed by atoms with E-state index < -0.39 is 0 Å². The first kappa shape index (κ1) is 14.9. The van der Waals surface area contributed by atoms with Crippen LogP contribution in [0.5, 0.6) is 0 Å². The van der Waals surface area contributed by atoms with Crippen LogP contribution in [0, 0.1) is 11.7 Å². The molecule has 0 aliphatic heterocycles. The van der Waals surface area contributed by atoms with Gasteiger partial charge in [-0.1, -0.05) is 36.7 Å². The number of aromatic nitrogens is 2. The summed E-state index contributed by atoms with van der Waals surface area (Å²) in [6, 6.07) is 3.97. The molecule has 1 heterocycles. The predicted molar refractivity (Wildman–Crippen MR) is 74.9 cm³/mol. The van der Waals surface area contributed by atoms with Gasteiger partial charge in [0.05, 0.1) is 6.04 Å². The van der Waals surface area contributed by atoms with E-state index >= 15 is 0 Å². The average molecular weight is 298 g/mol. The fourth-order valence-electron chi connectivity index (χ4n) is 1.93. The van der Waals surface area contributed by atoms with E-state index in [1.807, 2.05) is 0 Å². The number of nitrogens with two attached hydrogens (primary N) is 1. The Morgan fingerprint density at radius 1 is 1.40 bits per heavy atom. The molecule has 1 aromatic heterocycles. The Labute approximate surface area is 122 Å². The second kappa shape index (κ2) is 6.33. The Morgan fingerprint density at radius 3 is 2.80 bits per heavy atom. The molecule has 0 aliphatic carbocycles. The molecule has 0 amide bonds. The standard InChI is InChI=1S/C14H17ClFN3O/c1-8(2)5-12(17)14-18-13(19-20-14)6-9-3-4-10(16)7-11(9)15/h3-4,7-8,12H,5-6,17H2,1-2H3. The monoisotopic (exact) mass is 297 g/mol. The SMILES string of the molecule is CC(C)CC(N)c1nc(Cc2ccc(F)cc2Cl)no1. The Balaban J connectivity index is 2.09. The lowest BCUT2D eigenvalue weighted by Crippen LogP contribution is -2.13. The fraction of sp³-hybridized carbons (Fsp3) is 0.429. The van der Waals surface area contributed by atoms with Crippen molar-refractivity contribution in [2.24, 2.45) is 11.7 Å². The van der Waals surface area contributed by atoms with Crippen LogP contribution in [0.2, 0.25) is 5.02 Å². The smallest absolute Gasteiger partial charge is 0.243 e. The van der Waals surface area contributed by atoms with Gasteiger partial charge in [0.2, 0.25) is 5.89 Å². The summed E-state index contributed by atoms with van der Waals surface area (Å²) in [7, 11) is 0. The van der Waals surface area contributed by atoms with Gasteiger partial charge >= 0.3 is 0 Å². The van der Waals surface area contributed by atoms with Crippen molar-refractivity contribution in [1.82, 2.24) is 10.1 Å². The van der Waals surface area contributed by atoms with E-state index in [4.69, 9.17) is 21.9 Å². The zero-order valence-corrected chi connectivity index (χ0v) is 12.2. The van der Waals surface area contributed by atoms with Gasteiger partial charge in [-0.2, -0.15) is 4.98 Å². The van der Waals surface area contributed by atoms with Crippen LogP contribution in [0.15, 0.2) is 22.7 Å². The van der Waals surface area contributed by atoms with Crippen LogP contribution in [-0.4, -0.2) is 10.1 Å². The number of hydrogen-bond acceptors (Lipinski definition) is 4. The highest BCUT2D eigenvalue weighted by molar-refractivity contribution is 6.31. The molecule has 20 heavy (non-hydrogen) atoms. The molecule has 4 nitrogen and oxygen atoms in total. The molecule has 0 fully saturated rings. The van der Waals surface area contributed by atoms with Crippen LogP contribution in [0.4, 0.5) is 4.39 Å². The van der Waals surface area contributed by atoms with E-state index in [2.05, 4.69) is 24.0 Å². The molecule has 1 aromatic carbocycles. The molecular formula is C14H17ClFN3O. The van der Waals surface area contributed by atoms with Crippen molar-refractivity contribution in [2.75, 3.05) is 0 Å². The molecule has 2 N–H and O–H groups in total. The normalized spacial score (nSPS) is 12.9. The maximum Gasteiger partial charge on any atom is 0.243 e. The molecule has 0 bridgehead atoms. The van der Waals surface area contributed by atoms with Crippen LogP contribution in [0.3, 0.4) is 0 Å². The Bertz CT molecular complexity index is 586. The molecule has 2 rings (SSSR count). The lowest BCUT2D eigenvalue weighted by Gasteiger charge is -2.08. The van der Waals surface area contributed by atoms with Crippen LogP contribution in [0.1, 0.15) is 43.6 Å². The van der Waals surface area contributed by atoms with Crippen LogP contribution in [0.25, 0.3) is 0 Å². The predicted octanol–water partition coefficient (Wildman–Crippen LogP) is 3.50. The molecule has 0 saturated heterocycles. The highest BCUT2D eigenvalue weighted by atomic mass is 35.5. The molecule has 0 spiro atoms. The first-order valence-electron chi connectivity index (χ1n) is 6.47. The van der Waals surface area contributed by atoms with E-state index in [9.17, 15) is 4.39 Å². The van der Waals surface area contributed by atoms with Crippen molar-refractivity contribution in [3.05, 3.63) is 46.3 Å². The van der Waals surface area contributed by atoms with Gasteiger partial charge in [-0.3, -0.25) is 0 Å². The fourth-order valence-corrected chi connectivity index (χ4v) is 2.17. The molecule has 0 saturated carbocycles. The van der Waals surface area contributed by atoms with E-state index in [1.54, 1.807) is 6.07 Å². The van der Waals surface area contributed by atoms with Gasteiger partial charge < -0.3 is 10.3 Å². The molecule has 1 unspecified atom stereocenters. The second-order valence-corrected chi connectivity index (χ2v) is 5.60. The first-order valence-corrected chi connectivity index (χ1v) is 6.85. The maximum absolute atomic E-state index is 13.0. The van der Waals surface area contributed by atoms with E-state index in [0.717, 1.165) is 12.0 Å². The largest absolute Gasteiger partial charge is 0.338 e. The number of nitrogens with zero attached hydrogens (tertiary/aromatic N) is 2. The lowest BCUT2D eigenvalue weighted by molar-refractivity contribution is 0.333. The van der Waals surface area contributed by atoms with Crippen LogP contribution in [-0.2, 0) is 6.42 Å². The zero-order valence-electron chi connectivity index (χ0n) is 11.4. The number of halogens is 2. The molecule has 1 atom stereocenters. The first-order chi connectivity index (χ1) is 9.45. The Hall–Kier alpha value is -1.46. The topological polar surface area (TPSA) is 64.9 Å². The van der Waals surface area contributed by atoms with Gasteiger partial charge in [0.15, 0.2) is 5.82 Å². The summed E-state index contributed by atoms with van der Waals surface area (Å²) in [5.74, 6) is 0.998. The second-order valence-electron chi connectivity index (χ2n) is 5.20. The maximum atomic E-state index is 13.0.